The lowest BCUT2D eigenvalue weighted by molar-refractivity contribution is -0.120. The van der Waals surface area contributed by atoms with Gasteiger partial charge in [-0.1, -0.05) is 18.2 Å². The van der Waals surface area contributed by atoms with Crippen LogP contribution in [0.25, 0.3) is 0 Å². The minimum atomic E-state index is -0.346. The fourth-order valence-electron chi connectivity index (χ4n) is 1.55. The van der Waals surface area contributed by atoms with Crippen molar-refractivity contribution in [1.29, 1.82) is 0 Å². The van der Waals surface area contributed by atoms with Crippen molar-refractivity contribution in [2.45, 2.75) is 19.9 Å². The van der Waals surface area contributed by atoms with Crippen LogP contribution in [0.1, 0.15) is 15.4 Å². The Labute approximate surface area is 109 Å². The van der Waals surface area contributed by atoms with Crippen LogP contribution >= 0.6 is 11.3 Å². The van der Waals surface area contributed by atoms with Crippen LogP contribution in [0.3, 0.4) is 0 Å². The molecule has 5 heteroatoms. The zero-order chi connectivity index (χ0) is 13.0. The number of rotatable bonds is 4. The number of carbonyl (C=O) groups excluding carboxylic acids is 1. The highest BCUT2D eigenvalue weighted by molar-refractivity contribution is 7.11. The van der Waals surface area contributed by atoms with Crippen LogP contribution in [-0.2, 0) is 17.8 Å². The van der Waals surface area contributed by atoms with Crippen LogP contribution in [0.2, 0.25) is 0 Å². The molecule has 1 aromatic carbocycles. The second kappa shape index (κ2) is 5.73. The molecule has 0 saturated carbocycles. The smallest absolute Gasteiger partial charge is 0.224 e. The van der Waals surface area contributed by atoms with Gasteiger partial charge in [0.05, 0.1) is 18.0 Å². The molecule has 2 rings (SSSR count). The molecule has 0 radical (unpaired) electrons. The van der Waals surface area contributed by atoms with Gasteiger partial charge in [-0.2, -0.15) is 0 Å². The first-order valence-corrected chi connectivity index (χ1v) is 6.38. The van der Waals surface area contributed by atoms with Gasteiger partial charge in [0.1, 0.15) is 5.82 Å². The average Bonchev–Trinajstić information content (AvgIpc) is 2.76. The fourth-order valence-corrected chi connectivity index (χ4v) is 2.28. The quantitative estimate of drug-likeness (QED) is 0.921. The van der Waals surface area contributed by atoms with E-state index >= 15 is 0 Å². The first-order chi connectivity index (χ1) is 8.65. The largest absolute Gasteiger partial charge is 0.351 e. The lowest BCUT2D eigenvalue weighted by atomic mass is 10.1. The highest BCUT2D eigenvalue weighted by Gasteiger charge is 2.07. The third-order valence-electron chi connectivity index (χ3n) is 2.44. The number of benzene rings is 1. The van der Waals surface area contributed by atoms with Crippen molar-refractivity contribution in [3.05, 3.63) is 51.7 Å². The van der Waals surface area contributed by atoms with Crippen LogP contribution in [0.5, 0.6) is 0 Å². The minimum Gasteiger partial charge on any atom is -0.351 e. The first kappa shape index (κ1) is 12.7. The molecular formula is C13H13FN2OS. The molecule has 94 valence electrons. The van der Waals surface area contributed by atoms with Gasteiger partial charge in [0, 0.05) is 11.1 Å². The Balaban J connectivity index is 1.88. The highest BCUT2D eigenvalue weighted by atomic mass is 32.1. The summed E-state index contributed by atoms with van der Waals surface area (Å²) in [6.07, 6.45) is 1.80. The molecule has 1 amide bonds. The van der Waals surface area contributed by atoms with E-state index in [1.807, 2.05) is 6.92 Å². The monoisotopic (exact) mass is 264 g/mol. The van der Waals surface area contributed by atoms with Crippen LogP contribution < -0.4 is 5.32 Å². The van der Waals surface area contributed by atoms with Crippen molar-refractivity contribution in [1.82, 2.24) is 10.3 Å². The number of aromatic nitrogens is 1. The van der Waals surface area contributed by atoms with Crippen LogP contribution in [0, 0.1) is 12.7 Å². The van der Waals surface area contributed by atoms with Gasteiger partial charge in [-0.25, -0.2) is 9.37 Å². The zero-order valence-corrected chi connectivity index (χ0v) is 10.8. The van der Waals surface area contributed by atoms with E-state index < -0.39 is 0 Å². The minimum absolute atomic E-state index is 0.0600. The van der Waals surface area contributed by atoms with Crippen molar-refractivity contribution >= 4 is 17.2 Å². The number of carbonyl (C=O) groups is 1. The number of hydrogen-bond donors (Lipinski definition) is 1. The molecule has 1 N–H and O–H groups in total. The number of nitrogens with one attached hydrogen (secondary N) is 1. The van der Waals surface area contributed by atoms with E-state index in [0.29, 0.717) is 12.1 Å². The van der Waals surface area contributed by atoms with Gasteiger partial charge in [0.2, 0.25) is 5.91 Å². The second-order valence-electron chi connectivity index (χ2n) is 3.89. The van der Waals surface area contributed by atoms with Crippen LogP contribution in [-0.4, -0.2) is 10.9 Å². The summed E-state index contributed by atoms with van der Waals surface area (Å²) in [7, 11) is 0. The Morgan fingerprint density at radius 1 is 1.44 bits per heavy atom. The normalized spacial score (nSPS) is 10.3. The van der Waals surface area contributed by atoms with Crippen molar-refractivity contribution in [2.24, 2.45) is 0 Å². The number of thiazole rings is 1. The molecule has 2 aromatic rings. The third-order valence-corrected chi connectivity index (χ3v) is 3.35. The molecule has 0 aliphatic carbocycles. The summed E-state index contributed by atoms with van der Waals surface area (Å²) in [5.74, 6) is -0.535. The molecule has 0 unspecified atom stereocenters. The number of hydrogen-bond acceptors (Lipinski definition) is 3. The standard InChI is InChI=1S/C13H13FN2OS/c1-9-15-7-11(18-9)8-16-13(17)6-10-4-2-3-5-12(10)14/h2-5,7H,6,8H2,1H3,(H,16,17). The third kappa shape index (κ3) is 3.37. The summed E-state index contributed by atoms with van der Waals surface area (Å²) in [6.45, 7) is 2.36. The number of halogens is 1. The second-order valence-corrected chi connectivity index (χ2v) is 5.21. The molecule has 1 aromatic heterocycles. The summed E-state index contributed by atoms with van der Waals surface area (Å²) in [6, 6.07) is 6.30. The Kier molecular flexibility index (Phi) is 4.04. The highest BCUT2D eigenvalue weighted by Crippen LogP contribution is 2.11. The van der Waals surface area contributed by atoms with Gasteiger partial charge in [-0.3, -0.25) is 4.79 Å². The molecule has 0 atom stereocenters. The lowest BCUT2D eigenvalue weighted by Crippen LogP contribution is -2.24. The van der Waals surface area contributed by atoms with Gasteiger partial charge >= 0.3 is 0 Å². The van der Waals surface area contributed by atoms with Gasteiger partial charge in [0.15, 0.2) is 0 Å². The average molecular weight is 264 g/mol. The van der Waals surface area contributed by atoms with Crippen molar-refractivity contribution in [2.75, 3.05) is 0 Å². The van der Waals surface area contributed by atoms with Gasteiger partial charge < -0.3 is 5.32 Å². The van der Waals surface area contributed by atoms with E-state index in [0.717, 1.165) is 9.88 Å². The molecule has 0 fully saturated rings. The maximum Gasteiger partial charge on any atom is 0.224 e. The number of aryl methyl sites for hydroxylation is 1. The summed E-state index contributed by atoms with van der Waals surface area (Å²) < 4.78 is 13.3. The first-order valence-electron chi connectivity index (χ1n) is 5.56. The molecule has 18 heavy (non-hydrogen) atoms. The summed E-state index contributed by atoms with van der Waals surface area (Å²) >= 11 is 1.54. The lowest BCUT2D eigenvalue weighted by Gasteiger charge is -2.04. The zero-order valence-electron chi connectivity index (χ0n) is 9.94. The molecule has 0 aliphatic rings. The molecule has 0 bridgehead atoms. The van der Waals surface area contributed by atoms with E-state index in [-0.39, 0.29) is 18.1 Å². The number of amides is 1. The van der Waals surface area contributed by atoms with Gasteiger partial charge in [-0.05, 0) is 18.6 Å². The molecule has 0 aliphatic heterocycles. The van der Waals surface area contributed by atoms with Crippen LogP contribution in [0.4, 0.5) is 4.39 Å². The summed E-state index contributed by atoms with van der Waals surface area (Å²) in [5.41, 5.74) is 0.412. The van der Waals surface area contributed by atoms with E-state index in [1.165, 1.54) is 17.4 Å². The maximum absolute atomic E-state index is 13.3. The summed E-state index contributed by atoms with van der Waals surface area (Å²) in [5, 5.41) is 3.72. The Bertz CT molecular complexity index is 553. The van der Waals surface area contributed by atoms with Crippen molar-refractivity contribution < 1.29 is 9.18 Å². The molecule has 3 nitrogen and oxygen atoms in total. The topological polar surface area (TPSA) is 42.0 Å². The van der Waals surface area contributed by atoms with Crippen LogP contribution in [0.15, 0.2) is 30.5 Å². The predicted molar refractivity (Wildman–Crippen MR) is 68.8 cm³/mol. The molecule has 1 heterocycles. The maximum atomic E-state index is 13.3. The Morgan fingerprint density at radius 3 is 2.89 bits per heavy atom. The van der Waals surface area contributed by atoms with Crippen molar-refractivity contribution in [3.63, 3.8) is 0 Å². The Hall–Kier alpha value is -1.75. The van der Waals surface area contributed by atoms with Crippen molar-refractivity contribution in [3.8, 4) is 0 Å². The predicted octanol–water partition coefficient (Wildman–Crippen LogP) is 2.45. The van der Waals surface area contributed by atoms with E-state index in [2.05, 4.69) is 10.3 Å². The van der Waals surface area contributed by atoms with E-state index in [9.17, 15) is 9.18 Å². The molecule has 0 saturated heterocycles. The van der Waals surface area contributed by atoms with Gasteiger partial charge in [-0.15, -0.1) is 11.3 Å². The van der Waals surface area contributed by atoms with Gasteiger partial charge in [0.25, 0.3) is 0 Å². The van der Waals surface area contributed by atoms with E-state index in [4.69, 9.17) is 0 Å². The summed E-state index contributed by atoms with van der Waals surface area (Å²) in [4.78, 5) is 16.7. The molecule has 0 spiro atoms. The fraction of sp³-hybridized carbons (Fsp3) is 0.231. The van der Waals surface area contributed by atoms with E-state index in [1.54, 1.807) is 24.4 Å². The Morgan fingerprint density at radius 2 is 2.22 bits per heavy atom. The molecular weight excluding hydrogens is 251 g/mol. The SMILES string of the molecule is Cc1ncc(CNC(=O)Cc2ccccc2F)s1. The number of nitrogens with zero attached hydrogens (tertiary/aromatic N) is 1.